The normalized spacial score (nSPS) is 20.5. The fraction of sp³-hybridized carbons (Fsp3) is 0.241. The molecule has 1 heterocycles. The molecular formula is C29H30FN3O2. The third-order valence-corrected chi connectivity index (χ3v) is 6.62. The van der Waals surface area contributed by atoms with Crippen molar-refractivity contribution < 1.29 is 14.0 Å². The highest BCUT2D eigenvalue weighted by Gasteiger charge is 2.47. The maximum absolute atomic E-state index is 13.9. The summed E-state index contributed by atoms with van der Waals surface area (Å²) in [4.78, 5) is 28.5. The maximum Gasteiger partial charge on any atom is 0.244 e. The van der Waals surface area contributed by atoms with E-state index in [9.17, 15) is 14.0 Å². The first-order valence-corrected chi connectivity index (χ1v) is 11.7. The van der Waals surface area contributed by atoms with Gasteiger partial charge in [-0.15, -0.1) is 6.58 Å². The summed E-state index contributed by atoms with van der Waals surface area (Å²) in [5.41, 5.74) is 8.66. The first kappa shape index (κ1) is 24.4. The van der Waals surface area contributed by atoms with Crippen LogP contribution in [0.4, 0.5) is 4.39 Å². The maximum atomic E-state index is 13.9. The van der Waals surface area contributed by atoms with Gasteiger partial charge in [-0.2, -0.15) is 0 Å². The molecule has 1 aliphatic rings. The van der Waals surface area contributed by atoms with E-state index in [4.69, 9.17) is 5.73 Å². The summed E-state index contributed by atoms with van der Waals surface area (Å²) in [5, 5.41) is 3.18. The van der Waals surface area contributed by atoms with E-state index < -0.39 is 18.1 Å². The first-order chi connectivity index (χ1) is 16.9. The lowest BCUT2D eigenvalue weighted by Gasteiger charge is -2.30. The lowest BCUT2D eigenvalue weighted by atomic mass is 9.84. The SMILES string of the molecule is C=CC1[C@H](c2ccc(F)cc2)CN(C(=O)[C@H](C)N)[C@H]1C(=O)NC(c1ccccc1)c1ccccc1. The molecule has 0 radical (unpaired) electrons. The fourth-order valence-electron chi connectivity index (χ4n) is 4.89. The lowest BCUT2D eigenvalue weighted by Crippen LogP contribution is -2.52. The molecule has 0 spiro atoms. The van der Waals surface area contributed by atoms with Gasteiger partial charge in [0.15, 0.2) is 0 Å². The van der Waals surface area contributed by atoms with Crippen LogP contribution in [0.25, 0.3) is 0 Å². The minimum atomic E-state index is -0.795. The van der Waals surface area contributed by atoms with E-state index in [0.29, 0.717) is 6.54 Å². The number of nitrogens with one attached hydrogen (secondary N) is 1. The van der Waals surface area contributed by atoms with Crippen molar-refractivity contribution in [3.05, 3.63) is 120 Å². The lowest BCUT2D eigenvalue weighted by molar-refractivity contribution is -0.139. The Morgan fingerprint density at radius 3 is 2.03 bits per heavy atom. The third-order valence-electron chi connectivity index (χ3n) is 6.62. The number of halogens is 1. The molecule has 5 nitrogen and oxygen atoms in total. The van der Waals surface area contributed by atoms with Crippen molar-refractivity contribution in [2.45, 2.75) is 31.0 Å². The van der Waals surface area contributed by atoms with Gasteiger partial charge in [0, 0.05) is 18.4 Å². The highest BCUT2D eigenvalue weighted by atomic mass is 19.1. The van der Waals surface area contributed by atoms with Gasteiger partial charge in [0.05, 0.1) is 12.1 Å². The second-order valence-electron chi connectivity index (χ2n) is 8.96. The molecule has 4 atom stereocenters. The summed E-state index contributed by atoms with van der Waals surface area (Å²) in [6, 6.07) is 23.6. The molecule has 35 heavy (non-hydrogen) atoms. The van der Waals surface area contributed by atoms with Crippen molar-refractivity contribution in [2.75, 3.05) is 6.54 Å². The summed E-state index contributed by atoms with van der Waals surface area (Å²) in [6.45, 7) is 5.89. The number of rotatable bonds is 7. The predicted molar refractivity (Wildman–Crippen MR) is 135 cm³/mol. The van der Waals surface area contributed by atoms with E-state index in [2.05, 4.69) is 11.9 Å². The number of likely N-dealkylation sites (tertiary alicyclic amines) is 1. The van der Waals surface area contributed by atoms with E-state index in [1.807, 2.05) is 60.7 Å². The zero-order valence-corrected chi connectivity index (χ0v) is 19.7. The minimum Gasteiger partial charge on any atom is -0.343 e. The van der Waals surface area contributed by atoms with Gasteiger partial charge < -0.3 is 16.0 Å². The second-order valence-corrected chi connectivity index (χ2v) is 8.96. The molecule has 0 saturated carbocycles. The van der Waals surface area contributed by atoms with Gasteiger partial charge in [0.25, 0.3) is 0 Å². The molecule has 1 unspecified atom stereocenters. The Kier molecular flexibility index (Phi) is 7.42. The Morgan fingerprint density at radius 2 is 1.54 bits per heavy atom. The van der Waals surface area contributed by atoms with Crippen LogP contribution in [-0.4, -0.2) is 35.3 Å². The second kappa shape index (κ2) is 10.7. The van der Waals surface area contributed by atoms with Gasteiger partial charge in [-0.05, 0) is 35.7 Å². The molecule has 3 N–H and O–H groups in total. The molecule has 0 aromatic heterocycles. The molecule has 1 aliphatic heterocycles. The quantitative estimate of drug-likeness (QED) is 0.508. The Morgan fingerprint density at radius 1 is 1.00 bits per heavy atom. The zero-order chi connectivity index (χ0) is 24.9. The van der Waals surface area contributed by atoms with Crippen LogP contribution < -0.4 is 11.1 Å². The van der Waals surface area contributed by atoms with Crippen LogP contribution in [0.15, 0.2) is 97.6 Å². The number of benzene rings is 3. The number of nitrogens with zero attached hydrogens (tertiary/aromatic N) is 1. The van der Waals surface area contributed by atoms with Gasteiger partial charge in [-0.25, -0.2) is 4.39 Å². The Balaban J connectivity index is 1.70. The molecule has 1 fully saturated rings. The molecule has 1 saturated heterocycles. The average Bonchev–Trinajstić information content (AvgIpc) is 3.27. The Labute approximate surface area is 205 Å². The predicted octanol–water partition coefficient (Wildman–Crippen LogP) is 4.18. The third kappa shape index (κ3) is 5.17. The number of hydrogen-bond acceptors (Lipinski definition) is 3. The molecule has 3 aromatic carbocycles. The topological polar surface area (TPSA) is 75.4 Å². The van der Waals surface area contributed by atoms with Gasteiger partial charge in [0.2, 0.25) is 11.8 Å². The molecule has 180 valence electrons. The van der Waals surface area contributed by atoms with Gasteiger partial charge >= 0.3 is 0 Å². The van der Waals surface area contributed by atoms with Crippen LogP contribution in [0.2, 0.25) is 0 Å². The monoisotopic (exact) mass is 471 g/mol. The van der Waals surface area contributed by atoms with Crippen LogP contribution in [0.3, 0.4) is 0 Å². The molecular weight excluding hydrogens is 441 g/mol. The summed E-state index contributed by atoms with van der Waals surface area (Å²) in [7, 11) is 0. The van der Waals surface area contributed by atoms with E-state index in [-0.39, 0.29) is 29.5 Å². The number of amides is 2. The zero-order valence-electron chi connectivity index (χ0n) is 19.7. The number of hydrogen-bond donors (Lipinski definition) is 2. The average molecular weight is 472 g/mol. The number of nitrogens with two attached hydrogens (primary N) is 1. The smallest absolute Gasteiger partial charge is 0.244 e. The van der Waals surface area contributed by atoms with Crippen LogP contribution in [0.5, 0.6) is 0 Å². The van der Waals surface area contributed by atoms with Crippen molar-refractivity contribution in [3.63, 3.8) is 0 Å². The van der Waals surface area contributed by atoms with Crippen molar-refractivity contribution >= 4 is 11.8 Å². The molecule has 0 aliphatic carbocycles. The summed E-state index contributed by atoms with van der Waals surface area (Å²) >= 11 is 0. The number of carbonyl (C=O) groups is 2. The molecule has 6 heteroatoms. The summed E-state index contributed by atoms with van der Waals surface area (Å²) < 4.78 is 13.6. The van der Waals surface area contributed by atoms with E-state index >= 15 is 0 Å². The van der Waals surface area contributed by atoms with Crippen molar-refractivity contribution in [3.8, 4) is 0 Å². The summed E-state index contributed by atoms with van der Waals surface area (Å²) in [5.74, 6) is -1.51. The Hall–Kier alpha value is -3.77. The molecule has 4 rings (SSSR count). The first-order valence-electron chi connectivity index (χ1n) is 11.7. The Bertz CT molecular complexity index is 1130. The van der Waals surface area contributed by atoms with Crippen molar-refractivity contribution in [1.82, 2.24) is 10.2 Å². The van der Waals surface area contributed by atoms with Crippen molar-refractivity contribution in [2.24, 2.45) is 11.7 Å². The van der Waals surface area contributed by atoms with E-state index in [1.54, 1.807) is 30.0 Å². The largest absolute Gasteiger partial charge is 0.343 e. The summed E-state index contributed by atoms with van der Waals surface area (Å²) in [6.07, 6.45) is 1.72. The minimum absolute atomic E-state index is 0.210. The standard InChI is InChI=1S/C29H30FN3O2/c1-3-24-25(20-14-16-23(30)17-15-20)18-33(29(35)19(2)31)27(24)28(34)32-26(21-10-6-4-7-11-21)22-12-8-5-9-13-22/h3-17,19,24-27H,1,18,31H2,2H3,(H,32,34)/t19-,24?,25-,27+/m0/s1. The van der Waals surface area contributed by atoms with E-state index in [1.165, 1.54) is 12.1 Å². The van der Waals surface area contributed by atoms with Crippen LogP contribution in [0.1, 0.15) is 35.6 Å². The van der Waals surface area contributed by atoms with E-state index in [0.717, 1.165) is 16.7 Å². The molecule has 3 aromatic rings. The van der Waals surface area contributed by atoms with Gasteiger partial charge in [-0.1, -0.05) is 78.9 Å². The number of carbonyl (C=O) groups excluding carboxylic acids is 2. The molecule has 0 bridgehead atoms. The van der Waals surface area contributed by atoms with Crippen LogP contribution >= 0.6 is 0 Å². The van der Waals surface area contributed by atoms with Gasteiger partial charge in [-0.3, -0.25) is 9.59 Å². The van der Waals surface area contributed by atoms with Gasteiger partial charge in [0.1, 0.15) is 11.9 Å². The highest BCUT2D eigenvalue weighted by Crippen LogP contribution is 2.39. The van der Waals surface area contributed by atoms with Crippen LogP contribution in [0, 0.1) is 11.7 Å². The van der Waals surface area contributed by atoms with Crippen molar-refractivity contribution in [1.29, 1.82) is 0 Å². The highest BCUT2D eigenvalue weighted by molar-refractivity contribution is 5.91. The fourth-order valence-corrected chi connectivity index (χ4v) is 4.89. The molecule has 2 amide bonds. The van der Waals surface area contributed by atoms with Crippen LogP contribution in [-0.2, 0) is 9.59 Å².